The van der Waals surface area contributed by atoms with Crippen molar-refractivity contribution in [3.05, 3.63) is 12.7 Å². The van der Waals surface area contributed by atoms with Gasteiger partial charge in [-0.1, -0.05) is 20.3 Å². The molecule has 1 unspecified atom stereocenters. The van der Waals surface area contributed by atoms with Crippen LogP contribution in [0, 0.1) is 0 Å². The highest BCUT2D eigenvalue weighted by Crippen LogP contribution is 1.99. The third kappa shape index (κ3) is 3.87. The van der Waals surface area contributed by atoms with Crippen LogP contribution >= 0.6 is 0 Å². The van der Waals surface area contributed by atoms with Crippen molar-refractivity contribution in [1.29, 1.82) is 0 Å². The maximum absolute atomic E-state index is 4.05. The van der Waals surface area contributed by atoms with Crippen molar-refractivity contribution < 1.29 is 0 Å². The minimum atomic E-state index is 0.656. The lowest BCUT2D eigenvalue weighted by molar-refractivity contribution is 0.439. The highest BCUT2D eigenvalue weighted by atomic mass is 15.3. The Morgan fingerprint density at radius 1 is 1.43 bits per heavy atom. The molecule has 0 fully saturated rings. The van der Waals surface area contributed by atoms with Crippen LogP contribution in [0.4, 0.5) is 0 Å². The number of hydrogen-bond acceptors (Lipinski definition) is 3. The molecular weight excluding hydrogens is 176 g/mol. The molecule has 0 amide bonds. The Morgan fingerprint density at radius 3 is 2.86 bits per heavy atom. The predicted octanol–water partition coefficient (Wildman–Crippen LogP) is 1.45. The van der Waals surface area contributed by atoms with Gasteiger partial charge in [0.05, 0.1) is 6.54 Å². The van der Waals surface area contributed by atoms with E-state index in [1.54, 1.807) is 12.7 Å². The summed E-state index contributed by atoms with van der Waals surface area (Å²) < 4.78 is 1.85. The maximum Gasteiger partial charge on any atom is 0.137 e. The summed E-state index contributed by atoms with van der Waals surface area (Å²) in [7, 11) is 0. The predicted molar refractivity (Wildman–Crippen MR) is 57.0 cm³/mol. The highest BCUT2D eigenvalue weighted by Gasteiger charge is 2.02. The SMILES string of the molecule is CCCC(CC)NCCn1cncn1. The van der Waals surface area contributed by atoms with Gasteiger partial charge >= 0.3 is 0 Å². The van der Waals surface area contributed by atoms with Gasteiger partial charge in [-0.3, -0.25) is 4.68 Å². The largest absolute Gasteiger partial charge is 0.312 e. The van der Waals surface area contributed by atoms with E-state index in [1.165, 1.54) is 19.3 Å². The average molecular weight is 196 g/mol. The molecule has 1 aromatic heterocycles. The zero-order valence-corrected chi connectivity index (χ0v) is 9.11. The number of nitrogens with zero attached hydrogens (tertiary/aromatic N) is 3. The van der Waals surface area contributed by atoms with Gasteiger partial charge in [0.15, 0.2) is 0 Å². The second-order valence-corrected chi connectivity index (χ2v) is 3.51. The third-order valence-corrected chi connectivity index (χ3v) is 2.37. The summed E-state index contributed by atoms with van der Waals surface area (Å²) in [5, 5.41) is 7.57. The molecule has 0 aliphatic heterocycles. The Balaban J connectivity index is 2.13. The lowest BCUT2D eigenvalue weighted by Gasteiger charge is -2.15. The van der Waals surface area contributed by atoms with Gasteiger partial charge in [0, 0.05) is 12.6 Å². The van der Waals surface area contributed by atoms with Crippen LogP contribution in [0.25, 0.3) is 0 Å². The molecular formula is C10H20N4. The molecule has 0 radical (unpaired) electrons. The Kier molecular flexibility index (Phi) is 5.22. The van der Waals surface area contributed by atoms with Gasteiger partial charge < -0.3 is 5.32 Å². The van der Waals surface area contributed by atoms with E-state index >= 15 is 0 Å². The van der Waals surface area contributed by atoms with Gasteiger partial charge in [0.2, 0.25) is 0 Å². The van der Waals surface area contributed by atoms with Crippen molar-refractivity contribution in [3.63, 3.8) is 0 Å². The van der Waals surface area contributed by atoms with Crippen molar-refractivity contribution in [2.45, 2.75) is 45.7 Å². The molecule has 0 spiro atoms. The Hall–Kier alpha value is -0.900. The Labute approximate surface area is 85.7 Å². The lowest BCUT2D eigenvalue weighted by Crippen LogP contribution is -2.31. The fourth-order valence-corrected chi connectivity index (χ4v) is 1.53. The van der Waals surface area contributed by atoms with E-state index in [4.69, 9.17) is 0 Å². The van der Waals surface area contributed by atoms with Crippen LogP contribution in [0.1, 0.15) is 33.1 Å². The molecule has 4 nitrogen and oxygen atoms in total. The maximum atomic E-state index is 4.05. The molecule has 1 atom stereocenters. The van der Waals surface area contributed by atoms with Crippen molar-refractivity contribution in [3.8, 4) is 0 Å². The Morgan fingerprint density at radius 2 is 2.29 bits per heavy atom. The molecule has 14 heavy (non-hydrogen) atoms. The lowest BCUT2D eigenvalue weighted by atomic mass is 10.1. The van der Waals surface area contributed by atoms with E-state index in [9.17, 15) is 0 Å². The van der Waals surface area contributed by atoms with Gasteiger partial charge in [-0.2, -0.15) is 5.10 Å². The standard InChI is InChI=1S/C10H20N4/c1-3-5-10(4-2)12-6-7-14-9-11-8-13-14/h8-10,12H,3-7H2,1-2H3. The quantitative estimate of drug-likeness (QED) is 0.717. The monoisotopic (exact) mass is 196 g/mol. The minimum Gasteiger partial charge on any atom is -0.312 e. The van der Waals surface area contributed by atoms with E-state index in [1.807, 2.05) is 4.68 Å². The van der Waals surface area contributed by atoms with Gasteiger partial charge in [0.25, 0.3) is 0 Å². The third-order valence-electron chi connectivity index (χ3n) is 2.37. The molecule has 0 saturated carbocycles. The fraction of sp³-hybridized carbons (Fsp3) is 0.800. The first-order valence-corrected chi connectivity index (χ1v) is 5.42. The first-order valence-electron chi connectivity index (χ1n) is 5.42. The first-order chi connectivity index (χ1) is 6.86. The summed E-state index contributed by atoms with van der Waals surface area (Å²) in [4.78, 5) is 3.90. The van der Waals surface area contributed by atoms with Crippen LogP contribution in [0.5, 0.6) is 0 Å². The topological polar surface area (TPSA) is 42.7 Å². The van der Waals surface area contributed by atoms with Gasteiger partial charge in [0.1, 0.15) is 12.7 Å². The van der Waals surface area contributed by atoms with Gasteiger partial charge in [-0.25, -0.2) is 4.98 Å². The summed E-state index contributed by atoms with van der Waals surface area (Å²) in [5.41, 5.74) is 0. The van der Waals surface area contributed by atoms with E-state index in [0.717, 1.165) is 13.1 Å². The normalized spacial score (nSPS) is 13.0. The number of aromatic nitrogens is 3. The second-order valence-electron chi connectivity index (χ2n) is 3.51. The van der Waals surface area contributed by atoms with Crippen molar-refractivity contribution in [1.82, 2.24) is 20.1 Å². The van der Waals surface area contributed by atoms with Crippen LogP contribution in [-0.4, -0.2) is 27.4 Å². The summed E-state index contributed by atoms with van der Waals surface area (Å²) in [5.74, 6) is 0. The summed E-state index contributed by atoms with van der Waals surface area (Å²) in [6.07, 6.45) is 7.03. The molecule has 1 N–H and O–H groups in total. The van der Waals surface area contributed by atoms with Crippen molar-refractivity contribution in [2.24, 2.45) is 0 Å². The molecule has 0 saturated heterocycles. The summed E-state index contributed by atoms with van der Waals surface area (Å²) in [6.45, 7) is 6.33. The molecule has 0 aliphatic carbocycles. The summed E-state index contributed by atoms with van der Waals surface area (Å²) >= 11 is 0. The highest BCUT2D eigenvalue weighted by molar-refractivity contribution is 4.64. The van der Waals surface area contributed by atoms with E-state index in [0.29, 0.717) is 6.04 Å². The van der Waals surface area contributed by atoms with Crippen molar-refractivity contribution >= 4 is 0 Å². The smallest absolute Gasteiger partial charge is 0.137 e. The van der Waals surface area contributed by atoms with Crippen LogP contribution in [0.15, 0.2) is 12.7 Å². The molecule has 0 bridgehead atoms. The number of hydrogen-bond donors (Lipinski definition) is 1. The van der Waals surface area contributed by atoms with Crippen LogP contribution in [0.3, 0.4) is 0 Å². The molecule has 0 aromatic carbocycles. The molecule has 80 valence electrons. The number of rotatable bonds is 7. The van der Waals surface area contributed by atoms with Crippen molar-refractivity contribution in [2.75, 3.05) is 6.54 Å². The number of nitrogens with one attached hydrogen (secondary N) is 1. The first kappa shape index (κ1) is 11.2. The van der Waals surface area contributed by atoms with Crippen LogP contribution in [-0.2, 0) is 6.54 Å². The molecule has 1 aromatic rings. The fourth-order valence-electron chi connectivity index (χ4n) is 1.53. The van der Waals surface area contributed by atoms with E-state index < -0.39 is 0 Å². The second kappa shape index (κ2) is 6.54. The van der Waals surface area contributed by atoms with Gasteiger partial charge in [-0.15, -0.1) is 0 Å². The van der Waals surface area contributed by atoms with E-state index in [2.05, 4.69) is 29.2 Å². The minimum absolute atomic E-state index is 0.656. The summed E-state index contributed by atoms with van der Waals surface area (Å²) in [6, 6.07) is 0.656. The zero-order chi connectivity index (χ0) is 10.2. The molecule has 0 aliphatic rings. The molecule has 1 heterocycles. The zero-order valence-electron chi connectivity index (χ0n) is 9.11. The van der Waals surface area contributed by atoms with Gasteiger partial charge in [-0.05, 0) is 12.8 Å². The van der Waals surface area contributed by atoms with E-state index in [-0.39, 0.29) is 0 Å². The average Bonchev–Trinajstić information content (AvgIpc) is 2.69. The van der Waals surface area contributed by atoms with Crippen LogP contribution in [0.2, 0.25) is 0 Å². The molecule has 4 heteroatoms. The van der Waals surface area contributed by atoms with Crippen LogP contribution < -0.4 is 5.32 Å². The Bertz CT molecular complexity index is 220. The molecule has 1 rings (SSSR count).